The molecular weight excluding hydrogens is 767 g/mol. The van der Waals surface area contributed by atoms with E-state index in [0.717, 1.165) is 45.1 Å². The van der Waals surface area contributed by atoms with Crippen molar-refractivity contribution in [1.82, 2.24) is 0 Å². The monoisotopic (exact) mass is 827 g/mol. The Bertz CT molecular complexity index is 3080. The third-order valence-corrected chi connectivity index (χ3v) is 14.1. The third-order valence-electron chi connectivity index (χ3n) is 14.1. The Labute approximate surface area is 376 Å². The lowest BCUT2D eigenvalue weighted by molar-refractivity contribution is -0.774. The number of hydrogen-bond acceptors (Lipinski definition) is 3. The van der Waals surface area contributed by atoms with E-state index < -0.39 is 11.7 Å². The van der Waals surface area contributed by atoms with E-state index in [2.05, 4.69) is 217 Å². The summed E-state index contributed by atoms with van der Waals surface area (Å²) in [5, 5.41) is 0. The molecule has 63 heavy (non-hydrogen) atoms. The summed E-state index contributed by atoms with van der Waals surface area (Å²) in [6, 6.07) is 47.8. The number of benzene rings is 6. The Hall–Kier alpha value is -6.13. The fourth-order valence-corrected chi connectivity index (χ4v) is 10.7. The SMILES string of the molecule is [2H]C(C)(C)c1ccc(N2c3cccc4c3N3C2c2cc(C(C)(C)C)cc(C(C)(C)C)c2OC32c3c-4cc(C(C)(C)C)cc3-c3cc(-c4ccc(C)cc4)cc[n+]32)c(-c2ccccc2)c1. The van der Waals surface area contributed by atoms with E-state index in [0.29, 0.717) is 0 Å². The van der Waals surface area contributed by atoms with Gasteiger partial charge in [0.15, 0.2) is 6.20 Å². The van der Waals surface area contributed by atoms with Gasteiger partial charge in [0.25, 0.3) is 0 Å². The van der Waals surface area contributed by atoms with Gasteiger partial charge in [-0.25, -0.2) is 4.90 Å². The van der Waals surface area contributed by atoms with Crippen molar-refractivity contribution in [2.45, 2.75) is 117 Å². The summed E-state index contributed by atoms with van der Waals surface area (Å²) < 4.78 is 19.8. The van der Waals surface area contributed by atoms with Crippen molar-refractivity contribution >= 4 is 17.1 Å². The number of para-hydroxylation sites is 1. The summed E-state index contributed by atoms with van der Waals surface area (Å²) in [6.45, 7) is 27.1. The van der Waals surface area contributed by atoms with Crippen LogP contribution in [-0.2, 0) is 22.1 Å². The molecule has 0 radical (unpaired) electrons. The molecule has 0 amide bonds. The molecule has 7 aromatic rings. The maximum absolute atomic E-state index is 9.20. The largest absolute Gasteiger partial charge is 0.432 e. The van der Waals surface area contributed by atoms with Crippen molar-refractivity contribution in [1.29, 1.82) is 0 Å². The number of anilines is 3. The number of aryl methyl sites for hydroxylation is 1. The highest BCUT2D eigenvalue weighted by atomic mass is 16.5. The number of hydrogen-bond donors (Lipinski definition) is 0. The van der Waals surface area contributed by atoms with Crippen molar-refractivity contribution in [3.05, 3.63) is 173 Å². The van der Waals surface area contributed by atoms with Gasteiger partial charge in [-0.3, -0.25) is 0 Å². The van der Waals surface area contributed by atoms with E-state index in [1.165, 1.54) is 61.3 Å². The molecule has 1 aromatic heterocycles. The second-order valence-electron chi connectivity index (χ2n) is 21.8. The number of fused-ring (bicyclic) bond motifs is 5. The minimum Gasteiger partial charge on any atom is -0.410 e. The van der Waals surface area contributed by atoms with Crippen LogP contribution in [-0.4, -0.2) is 0 Å². The molecule has 0 saturated heterocycles. The third kappa shape index (κ3) is 5.69. The average molecular weight is 828 g/mol. The predicted octanol–water partition coefficient (Wildman–Crippen LogP) is 15.0. The van der Waals surface area contributed by atoms with Crippen LogP contribution >= 0.6 is 0 Å². The van der Waals surface area contributed by atoms with Gasteiger partial charge in [-0.1, -0.05) is 161 Å². The smallest absolute Gasteiger partial charge is 0.410 e. The maximum atomic E-state index is 9.20. The van der Waals surface area contributed by atoms with Gasteiger partial charge in [0.05, 0.1) is 22.6 Å². The lowest BCUT2D eigenvalue weighted by Gasteiger charge is -2.49. The first kappa shape index (κ1) is 38.5. The molecule has 2 atom stereocenters. The van der Waals surface area contributed by atoms with Crippen molar-refractivity contribution in [3.8, 4) is 50.4 Å². The van der Waals surface area contributed by atoms with E-state index in [4.69, 9.17) is 4.74 Å². The standard InChI is InChI=1S/C59H60N3O/c1-35(2)39-25-26-49(44(29-39)38-17-14-13-15-18-38)61-50-20-16-19-43-45-31-41(56(4,5)6)32-46-51-30-40(37-23-21-36(3)22-24-37)27-28-60(51)59(52(45)46)62(53(43)50)55(61)47-33-42(57(7,8)9)34-48(54(47)63-59)58(10,11)12/h13-35,55H,1-12H3/q+1/i35D. The second kappa shape index (κ2) is 13.2. The molecule has 1 spiro atoms. The fourth-order valence-electron chi connectivity index (χ4n) is 10.7. The molecule has 4 heteroatoms. The first-order valence-electron chi connectivity index (χ1n) is 23.3. The molecule has 0 fully saturated rings. The molecule has 4 aliphatic rings. The van der Waals surface area contributed by atoms with E-state index in [1.807, 2.05) is 13.8 Å². The van der Waals surface area contributed by atoms with Crippen LogP contribution in [0.15, 0.2) is 134 Å². The highest BCUT2D eigenvalue weighted by Crippen LogP contribution is 2.68. The molecule has 0 N–H and O–H groups in total. The van der Waals surface area contributed by atoms with Crippen LogP contribution in [0.3, 0.4) is 0 Å². The van der Waals surface area contributed by atoms with E-state index >= 15 is 0 Å². The molecule has 4 nitrogen and oxygen atoms in total. The molecule has 316 valence electrons. The van der Waals surface area contributed by atoms with Crippen molar-refractivity contribution in [2.24, 2.45) is 0 Å². The molecule has 2 unspecified atom stereocenters. The van der Waals surface area contributed by atoms with Crippen LogP contribution in [0.4, 0.5) is 17.1 Å². The summed E-state index contributed by atoms with van der Waals surface area (Å²) in [5.41, 5.74) is 20.7. The van der Waals surface area contributed by atoms with Crippen LogP contribution in [0.25, 0.3) is 44.6 Å². The summed E-state index contributed by atoms with van der Waals surface area (Å²) >= 11 is 0. The van der Waals surface area contributed by atoms with Gasteiger partial charge in [-0.15, -0.1) is 4.57 Å². The van der Waals surface area contributed by atoms with Gasteiger partial charge >= 0.3 is 5.85 Å². The van der Waals surface area contributed by atoms with Gasteiger partial charge in [0.1, 0.15) is 17.5 Å². The van der Waals surface area contributed by atoms with Crippen molar-refractivity contribution < 1.29 is 10.7 Å². The number of ether oxygens (including phenoxy) is 1. The van der Waals surface area contributed by atoms with Gasteiger partial charge < -0.3 is 9.64 Å². The molecule has 0 aliphatic carbocycles. The Morgan fingerprint density at radius 3 is 2.00 bits per heavy atom. The van der Waals surface area contributed by atoms with Crippen LogP contribution in [0.5, 0.6) is 5.75 Å². The Morgan fingerprint density at radius 1 is 0.619 bits per heavy atom. The molecule has 0 saturated carbocycles. The van der Waals surface area contributed by atoms with Gasteiger partial charge in [0, 0.05) is 41.3 Å². The zero-order valence-corrected chi connectivity index (χ0v) is 39.0. The van der Waals surface area contributed by atoms with Crippen LogP contribution in [0, 0.1) is 6.92 Å². The second-order valence-corrected chi connectivity index (χ2v) is 21.8. The summed E-state index contributed by atoms with van der Waals surface area (Å²) in [6.07, 6.45) is 2.00. The zero-order valence-electron chi connectivity index (χ0n) is 40.0. The van der Waals surface area contributed by atoms with Gasteiger partial charge in [-0.2, -0.15) is 0 Å². The number of nitrogens with zero attached hydrogens (tertiary/aromatic N) is 3. The lowest BCUT2D eigenvalue weighted by Crippen LogP contribution is -2.71. The van der Waals surface area contributed by atoms with Gasteiger partial charge in [-0.05, 0) is 98.8 Å². The summed E-state index contributed by atoms with van der Waals surface area (Å²) in [4.78, 5) is 5.25. The Balaban J connectivity index is 1.30. The number of aromatic nitrogens is 1. The quantitative estimate of drug-likeness (QED) is 0.165. The van der Waals surface area contributed by atoms with Crippen molar-refractivity contribution in [2.75, 3.05) is 9.80 Å². The average Bonchev–Trinajstić information content (AvgIpc) is 3.73. The van der Waals surface area contributed by atoms with Crippen molar-refractivity contribution in [3.63, 3.8) is 0 Å². The summed E-state index contributed by atoms with van der Waals surface area (Å²) in [7, 11) is 0. The maximum Gasteiger partial charge on any atom is 0.432 e. The van der Waals surface area contributed by atoms with E-state index in [-0.39, 0.29) is 22.4 Å². The van der Waals surface area contributed by atoms with E-state index in [1.54, 1.807) is 0 Å². The molecule has 6 aromatic carbocycles. The number of rotatable bonds is 4. The fraction of sp³-hybridized carbons (Fsp3) is 0.305. The van der Waals surface area contributed by atoms with Crippen LogP contribution in [0.1, 0.15) is 129 Å². The molecule has 11 rings (SSSR count). The first-order chi connectivity index (χ1) is 30.2. The van der Waals surface area contributed by atoms with Gasteiger partial charge in [0.2, 0.25) is 5.69 Å². The molecule has 5 heterocycles. The lowest BCUT2D eigenvalue weighted by atomic mass is 9.77. The van der Waals surface area contributed by atoms with Crippen LogP contribution in [0.2, 0.25) is 0 Å². The highest BCUT2D eigenvalue weighted by molar-refractivity contribution is 6.03. The Kier molecular flexibility index (Phi) is 8.08. The normalized spacial score (nSPS) is 18.3. The first-order valence-corrected chi connectivity index (χ1v) is 22.8. The Morgan fingerprint density at radius 2 is 1.32 bits per heavy atom. The minimum atomic E-state index is -1.06. The predicted molar refractivity (Wildman–Crippen MR) is 261 cm³/mol. The minimum absolute atomic E-state index is 0.106. The molecule has 4 aliphatic heterocycles. The number of pyridine rings is 1. The molecule has 0 bridgehead atoms. The zero-order chi connectivity index (χ0) is 45.0. The summed E-state index contributed by atoms with van der Waals surface area (Å²) in [5.74, 6) is -0.888. The topological polar surface area (TPSA) is 19.6 Å². The van der Waals surface area contributed by atoms with E-state index in [9.17, 15) is 1.37 Å². The molecular formula is C59H60N3O+. The highest BCUT2D eigenvalue weighted by Gasteiger charge is 2.70. The van der Waals surface area contributed by atoms with Crippen LogP contribution < -0.4 is 19.1 Å².